The minimum absolute atomic E-state index is 0.0550. The predicted octanol–water partition coefficient (Wildman–Crippen LogP) is 0.339. The van der Waals surface area contributed by atoms with Gasteiger partial charge >= 0.3 is 0 Å². The van der Waals surface area contributed by atoms with Gasteiger partial charge in [-0.3, -0.25) is 9.79 Å². The molecule has 2 heterocycles. The van der Waals surface area contributed by atoms with E-state index in [1.54, 1.807) is 0 Å². The molecule has 0 spiro atoms. The fourth-order valence-corrected chi connectivity index (χ4v) is 3.39. The molecule has 1 aromatic carbocycles. The van der Waals surface area contributed by atoms with Gasteiger partial charge in [0, 0.05) is 7.05 Å². The van der Waals surface area contributed by atoms with Crippen LogP contribution in [0, 0.1) is 0 Å². The molecule has 0 fully saturated rings. The number of rotatable bonds is 3. The van der Waals surface area contributed by atoms with Crippen LogP contribution < -0.4 is 15.8 Å². The molecular weight excluding hydrogens is 310 g/mol. The Labute approximate surface area is 139 Å². The maximum Gasteiger partial charge on any atom is 0.265 e. The van der Waals surface area contributed by atoms with Crippen LogP contribution in [0.1, 0.15) is 25.7 Å². The molecule has 0 saturated heterocycles. The van der Waals surface area contributed by atoms with E-state index in [1.165, 1.54) is 24.6 Å². The molecule has 0 unspecified atom stereocenters. The van der Waals surface area contributed by atoms with E-state index in [1.807, 2.05) is 35.9 Å². The molecule has 0 atom stereocenters. The molecule has 1 aliphatic heterocycles. The highest BCUT2D eigenvalue weighted by Gasteiger charge is 2.13. The second-order valence-electron chi connectivity index (χ2n) is 5.62. The molecule has 1 amide bonds. The number of benzene rings is 1. The number of thioether (sulfide) groups is 1. The number of aromatic nitrogens is 2. The summed E-state index contributed by atoms with van der Waals surface area (Å²) in [4.78, 5) is 19.9. The Morgan fingerprint density at radius 2 is 2.22 bits per heavy atom. The van der Waals surface area contributed by atoms with Gasteiger partial charge in [0.2, 0.25) is 0 Å². The van der Waals surface area contributed by atoms with Gasteiger partial charge in [0.25, 0.3) is 11.7 Å². The fourth-order valence-electron chi connectivity index (χ4n) is 2.60. The zero-order valence-corrected chi connectivity index (χ0v) is 14.1. The number of hydrazine groups is 1. The van der Waals surface area contributed by atoms with Gasteiger partial charge in [0.05, 0.1) is 29.8 Å². The summed E-state index contributed by atoms with van der Waals surface area (Å²) >= 11 is 1.44. The number of carbonyl (C=O) groups is 1. The lowest BCUT2D eigenvalue weighted by molar-refractivity contribution is -0.460. The van der Waals surface area contributed by atoms with Gasteiger partial charge in [-0.1, -0.05) is 23.9 Å². The first-order valence-electron chi connectivity index (χ1n) is 7.93. The van der Waals surface area contributed by atoms with E-state index in [-0.39, 0.29) is 5.91 Å². The van der Waals surface area contributed by atoms with Gasteiger partial charge in [-0.2, -0.15) is 10.9 Å². The summed E-state index contributed by atoms with van der Waals surface area (Å²) in [5.41, 5.74) is 7.79. The van der Waals surface area contributed by atoms with Crippen LogP contribution in [-0.4, -0.2) is 33.6 Å². The predicted molar refractivity (Wildman–Crippen MR) is 92.0 cm³/mol. The molecule has 0 saturated carbocycles. The molecule has 2 aromatic rings. The first-order chi connectivity index (χ1) is 11.2. The summed E-state index contributed by atoms with van der Waals surface area (Å²) in [5.74, 6) is 1.28. The average molecular weight is 332 g/mol. The summed E-state index contributed by atoms with van der Waals surface area (Å²) in [6.07, 6.45) is 4.52. The highest BCUT2D eigenvalue weighted by Crippen LogP contribution is 2.22. The third-order valence-corrected chi connectivity index (χ3v) is 4.90. The summed E-state index contributed by atoms with van der Waals surface area (Å²) in [6.45, 7) is 0.965. The number of fused-ring (bicyclic) bond motifs is 1. The van der Waals surface area contributed by atoms with E-state index in [0.29, 0.717) is 5.75 Å². The molecule has 1 aliphatic rings. The van der Waals surface area contributed by atoms with Crippen LogP contribution in [0.4, 0.5) is 0 Å². The van der Waals surface area contributed by atoms with Gasteiger partial charge in [0.15, 0.2) is 5.16 Å². The molecule has 0 bridgehead atoms. The van der Waals surface area contributed by atoms with Crippen molar-refractivity contribution in [2.24, 2.45) is 7.05 Å². The summed E-state index contributed by atoms with van der Waals surface area (Å²) < 4.78 is 2.02. The van der Waals surface area contributed by atoms with Crippen LogP contribution in [0.25, 0.3) is 11.0 Å². The van der Waals surface area contributed by atoms with Gasteiger partial charge < -0.3 is 4.57 Å². The minimum Gasteiger partial charge on any atom is -0.322 e. The Morgan fingerprint density at radius 1 is 1.35 bits per heavy atom. The molecule has 7 heteroatoms. The SMILES string of the molecule is Cn1c(SCC(=O)NNC2=[NH+]CCCCC2)nc2ccccc21. The lowest BCUT2D eigenvalue weighted by Gasteiger charge is -2.04. The number of amidine groups is 1. The van der Waals surface area contributed by atoms with Crippen molar-refractivity contribution in [2.45, 2.75) is 30.8 Å². The molecule has 1 aromatic heterocycles. The van der Waals surface area contributed by atoms with Gasteiger partial charge in [0.1, 0.15) is 0 Å². The zero-order valence-electron chi connectivity index (χ0n) is 13.3. The molecule has 6 nitrogen and oxygen atoms in total. The van der Waals surface area contributed by atoms with Crippen molar-refractivity contribution in [3.05, 3.63) is 24.3 Å². The monoisotopic (exact) mass is 332 g/mol. The first-order valence-corrected chi connectivity index (χ1v) is 8.91. The second-order valence-corrected chi connectivity index (χ2v) is 6.56. The fraction of sp³-hybridized carbons (Fsp3) is 0.438. The molecule has 0 radical (unpaired) electrons. The normalized spacial score (nSPS) is 15.1. The van der Waals surface area contributed by atoms with Crippen molar-refractivity contribution in [1.29, 1.82) is 0 Å². The Bertz CT molecular complexity index is 724. The molecule has 122 valence electrons. The number of carbonyl (C=O) groups excluding carboxylic acids is 1. The number of hydrogen-bond acceptors (Lipinski definition) is 4. The van der Waals surface area contributed by atoms with E-state index < -0.39 is 0 Å². The Hall–Kier alpha value is -2.02. The Morgan fingerprint density at radius 3 is 3.09 bits per heavy atom. The van der Waals surface area contributed by atoms with Gasteiger partial charge in [-0.15, -0.1) is 0 Å². The summed E-state index contributed by atoms with van der Waals surface area (Å²) in [7, 11) is 1.97. The van der Waals surface area contributed by atoms with Crippen LogP contribution >= 0.6 is 11.8 Å². The van der Waals surface area contributed by atoms with E-state index in [4.69, 9.17) is 0 Å². The quantitative estimate of drug-likeness (QED) is 0.560. The van der Waals surface area contributed by atoms with E-state index in [9.17, 15) is 4.79 Å². The number of para-hydroxylation sites is 2. The van der Waals surface area contributed by atoms with Crippen molar-refractivity contribution in [3.63, 3.8) is 0 Å². The number of imidazole rings is 1. The summed E-state index contributed by atoms with van der Waals surface area (Å²) in [5, 5.41) is 0.849. The highest BCUT2D eigenvalue weighted by atomic mass is 32.2. The number of aryl methyl sites for hydroxylation is 1. The standard InChI is InChI=1S/C16H21N5OS/c1-21-13-8-5-4-7-12(13)18-16(21)23-11-15(22)20-19-14-9-3-2-6-10-17-14/h4-5,7-8H,2-3,6,9-11H2,1H3,(H,17,19)(H,20,22)/p+1. The number of amides is 1. The molecule has 0 aliphatic carbocycles. The molecular formula is C16H22N5OS+. The van der Waals surface area contributed by atoms with E-state index in [2.05, 4.69) is 20.8 Å². The van der Waals surface area contributed by atoms with Crippen LogP contribution in [0.3, 0.4) is 0 Å². The average Bonchev–Trinajstić information content (AvgIpc) is 2.75. The zero-order chi connectivity index (χ0) is 16.1. The van der Waals surface area contributed by atoms with Crippen molar-refractivity contribution in [1.82, 2.24) is 20.4 Å². The molecule has 23 heavy (non-hydrogen) atoms. The van der Waals surface area contributed by atoms with Gasteiger partial charge in [-0.05, 0) is 31.4 Å². The second kappa shape index (κ2) is 7.50. The third-order valence-electron chi connectivity index (χ3n) is 3.87. The van der Waals surface area contributed by atoms with Gasteiger partial charge in [-0.25, -0.2) is 4.98 Å². The number of nitrogens with one attached hydrogen (secondary N) is 3. The number of nitrogens with zero attached hydrogens (tertiary/aromatic N) is 2. The Balaban J connectivity index is 1.52. The maximum absolute atomic E-state index is 12.0. The van der Waals surface area contributed by atoms with Crippen LogP contribution in [0.15, 0.2) is 29.4 Å². The van der Waals surface area contributed by atoms with Crippen molar-refractivity contribution >= 4 is 34.5 Å². The van der Waals surface area contributed by atoms with E-state index in [0.717, 1.165) is 41.4 Å². The molecule has 3 rings (SSSR count). The minimum atomic E-state index is -0.0550. The van der Waals surface area contributed by atoms with Crippen molar-refractivity contribution in [3.8, 4) is 0 Å². The van der Waals surface area contributed by atoms with Crippen molar-refractivity contribution in [2.75, 3.05) is 12.3 Å². The smallest absolute Gasteiger partial charge is 0.265 e. The topological polar surface area (TPSA) is 72.9 Å². The van der Waals surface area contributed by atoms with Crippen LogP contribution in [-0.2, 0) is 11.8 Å². The Kier molecular flexibility index (Phi) is 5.17. The van der Waals surface area contributed by atoms with Crippen LogP contribution in [0.2, 0.25) is 0 Å². The third kappa shape index (κ3) is 4.04. The lowest BCUT2D eigenvalue weighted by Crippen LogP contribution is -2.77. The first kappa shape index (κ1) is 15.9. The van der Waals surface area contributed by atoms with E-state index >= 15 is 0 Å². The lowest BCUT2D eigenvalue weighted by atomic mass is 10.2. The van der Waals surface area contributed by atoms with Crippen LogP contribution in [0.5, 0.6) is 0 Å². The summed E-state index contributed by atoms with van der Waals surface area (Å²) in [6, 6.07) is 7.97. The highest BCUT2D eigenvalue weighted by molar-refractivity contribution is 7.99. The van der Waals surface area contributed by atoms with Crippen molar-refractivity contribution < 1.29 is 9.79 Å². The molecule has 3 N–H and O–H groups in total. The largest absolute Gasteiger partial charge is 0.322 e. The number of hydrogen-bond donors (Lipinski definition) is 3. The maximum atomic E-state index is 12.0.